The summed E-state index contributed by atoms with van der Waals surface area (Å²) in [5, 5.41) is 5.85. The number of H-pyrrole nitrogens is 1. The Hall–Kier alpha value is -6.57. The van der Waals surface area contributed by atoms with E-state index in [9.17, 15) is 14.4 Å². The first kappa shape index (κ1) is 45.5. The summed E-state index contributed by atoms with van der Waals surface area (Å²) >= 11 is 0. The number of hydrogen-bond acceptors (Lipinski definition) is 13. The Balaban J connectivity index is 1.55. The molecule has 11 N–H and O–H groups in total. The number of anilines is 2. The Morgan fingerprint density at radius 1 is 0.951 bits per heavy atom. The first-order valence-electron chi connectivity index (χ1n) is 20.2. The predicted molar refractivity (Wildman–Crippen MR) is 237 cm³/mol. The van der Waals surface area contributed by atoms with E-state index < -0.39 is 17.7 Å². The molecule has 0 spiro atoms. The number of imidazole rings is 2. The second-order valence-corrected chi connectivity index (χ2v) is 14.3. The third-order valence-electron chi connectivity index (χ3n) is 9.51. The van der Waals surface area contributed by atoms with Gasteiger partial charge in [0.15, 0.2) is 11.3 Å². The van der Waals surface area contributed by atoms with Crippen LogP contribution in [0.15, 0.2) is 69.9 Å². The lowest BCUT2D eigenvalue weighted by Crippen LogP contribution is -2.38. The van der Waals surface area contributed by atoms with Crippen LogP contribution in [0.5, 0.6) is 11.5 Å². The SMILES string of the molecule is CCN=C(/C=C(/C)N)C(=O)Nc1nc2cc(CN)cc(OC)c2n1C/C=C/C[n+]1c(NC(=O)C(/C=C(/C)N)=NCC)[nH]c2cc(C(N)=O)cc(OCCCN3CCOCC3)c21. The van der Waals surface area contributed by atoms with Crippen LogP contribution in [0.1, 0.15) is 50.0 Å². The summed E-state index contributed by atoms with van der Waals surface area (Å²) < 4.78 is 21.3. The number of carbonyl (C=O) groups is 3. The number of aliphatic imine (C=N–C) groups is 2. The molecule has 326 valence electrons. The molecule has 1 aliphatic heterocycles. The highest BCUT2D eigenvalue weighted by Crippen LogP contribution is 2.31. The van der Waals surface area contributed by atoms with E-state index in [-0.39, 0.29) is 42.6 Å². The number of allylic oxidation sites excluding steroid dienone is 4. The molecule has 0 atom stereocenters. The molecule has 19 nitrogen and oxygen atoms in total. The third kappa shape index (κ3) is 11.8. The van der Waals surface area contributed by atoms with Crippen LogP contribution in [-0.4, -0.2) is 108 Å². The smallest absolute Gasteiger partial charge is 0.363 e. The lowest BCUT2D eigenvalue weighted by atomic mass is 10.1. The van der Waals surface area contributed by atoms with Crippen molar-refractivity contribution >= 4 is 63.1 Å². The molecule has 0 radical (unpaired) electrons. The lowest BCUT2D eigenvalue weighted by molar-refractivity contribution is -0.646. The zero-order valence-electron chi connectivity index (χ0n) is 35.5. The number of nitrogens with one attached hydrogen (secondary N) is 3. The number of aromatic amines is 1. The van der Waals surface area contributed by atoms with Crippen LogP contribution < -0.4 is 47.6 Å². The second-order valence-electron chi connectivity index (χ2n) is 14.3. The van der Waals surface area contributed by atoms with E-state index >= 15 is 0 Å². The van der Waals surface area contributed by atoms with Crippen molar-refractivity contribution < 1.29 is 33.2 Å². The number of aromatic nitrogens is 4. The Kier molecular flexibility index (Phi) is 16.1. The van der Waals surface area contributed by atoms with Gasteiger partial charge in [-0.3, -0.25) is 29.8 Å². The maximum Gasteiger partial charge on any atom is 0.363 e. The number of methoxy groups -OCH3 is 1. The average Bonchev–Trinajstić information content (AvgIpc) is 3.76. The second kappa shape index (κ2) is 21.6. The molecule has 1 saturated heterocycles. The quantitative estimate of drug-likeness (QED) is 0.0294. The van der Waals surface area contributed by atoms with E-state index in [1.165, 1.54) is 12.2 Å². The Morgan fingerprint density at radius 3 is 2.23 bits per heavy atom. The molecule has 5 rings (SSSR count). The van der Waals surface area contributed by atoms with E-state index in [2.05, 4.69) is 30.5 Å². The van der Waals surface area contributed by atoms with Crippen LogP contribution in [-0.2, 0) is 34.0 Å². The van der Waals surface area contributed by atoms with Crippen molar-refractivity contribution in [1.82, 2.24) is 19.4 Å². The van der Waals surface area contributed by atoms with Crippen LogP contribution in [0.25, 0.3) is 22.1 Å². The van der Waals surface area contributed by atoms with Gasteiger partial charge in [0.05, 0.1) is 39.0 Å². The molecular formula is C42H58N13O6+. The minimum atomic E-state index is -0.639. The van der Waals surface area contributed by atoms with E-state index in [4.69, 9.17) is 42.1 Å². The van der Waals surface area contributed by atoms with Gasteiger partial charge in [0.25, 0.3) is 5.91 Å². The monoisotopic (exact) mass is 840 g/mol. The molecule has 0 aliphatic carbocycles. The molecule has 2 aromatic heterocycles. The zero-order chi connectivity index (χ0) is 44.1. The fourth-order valence-corrected chi connectivity index (χ4v) is 6.78. The number of ether oxygens (including phenoxy) is 3. The van der Waals surface area contributed by atoms with Crippen molar-refractivity contribution in [2.24, 2.45) is 32.9 Å². The van der Waals surface area contributed by atoms with Crippen molar-refractivity contribution in [2.75, 3.05) is 70.3 Å². The van der Waals surface area contributed by atoms with Crippen LogP contribution in [0.2, 0.25) is 0 Å². The van der Waals surface area contributed by atoms with Gasteiger partial charge in [-0.25, -0.2) is 24.6 Å². The molecule has 0 bridgehead atoms. The first-order chi connectivity index (χ1) is 29.4. The highest BCUT2D eigenvalue weighted by molar-refractivity contribution is 6.47. The van der Waals surface area contributed by atoms with Crippen LogP contribution in [0.4, 0.5) is 11.9 Å². The van der Waals surface area contributed by atoms with Crippen molar-refractivity contribution in [3.8, 4) is 11.5 Å². The highest BCUT2D eigenvalue weighted by atomic mass is 16.5. The van der Waals surface area contributed by atoms with Gasteiger partial charge < -0.3 is 41.7 Å². The Bertz CT molecular complexity index is 2380. The normalized spacial score (nSPS) is 14.6. The molecule has 19 heteroatoms. The summed E-state index contributed by atoms with van der Waals surface area (Å²) in [7, 11) is 1.55. The van der Waals surface area contributed by atoms with Crippen molar-refractivity contribution in [1.29, 1.82) is 0 Å². The number of rotatable bonds is 20. The standard InChI is InChI=1S/C42H57N13O6/c1-6-47-32(19-26(3)44)39(57)51-41-49-30-21-28(25-43)22-34(59-5)36(30)54(41)12-8-9-13-55-37-31(50-42(55)52-40(58)33(48-7-2)20-27(4)45)23-29(38(46)56)24-35(37)61-16-10-11-53-14-17-60-18-15-53/h8-9,19-24H,6-7,10-18,25,43H2,1-5H3,(H8,44,45,46,47,48,49,50,51,52,56,57,58)/p+1/b9-8+. The Labute approximate surface area is 354 Å². The topological polar surface area (TPSA) is 272 Å². The minimum Gasteiger partial charge on any atom is -0.494 e. The zero-order valence-corrected chi connectivity index (χ0v) is 35.5. The fraction of sp³-hybridized carbons (Fsp3) is 0.405. The van der Waals surface area contributed by atoms with Gasteiger partial charge in [-0.05, 0) is 76.1 Å². The molecule has 2 aromatic carbocycles. The van der Waals surface area contributed by atoms with Crippen molar-refractivity contribution in [3.63, 3.8) is 0 Å². The van der Waals surface area contributed by atoms with Gasteiger partial charge in [-0.2, -0.15) is 0 Å². The largest absolute Gasteiger partial charge is 0.494 e. The third-order valence-corrected chi connectivity index (χ3v) is 9.51. The average molecular weight is 841 g/mol. The lowest BCUT2D eigenvalue weighted by Gasteiger charge is -2.26. The highest BCUT2D eigenvalue weighted by Gasteiger charge is 2.26. The molecule has 1 aliphatic rings. The van der Waals surface area contributed by atoms with Gasteiger partial charge in [0, 0.05) is 62.8 Å². The molecule has 4 aromatic rings. The summed E-state index contributed by atoms with van der Waals surface area (Å²) in [5.74, 6) is -0.177. The van der Waals surface area contributed by atoms with Crippen molar-refractivity contribution in [2.45, 2.75) is 53.8 Å². The number of primary amides is 1. The number of hydrogen-bond donors (Lipinski definition) is 7. The van der Waals surface area contributed by atoms with Crippen molar-refractivity contribution in [3.05, 3.63) is 71.1 Å². The summed E-state index contributed by atoms with van der Waals surface area (Å²) in [5.41, 5.74) is 28.0. The van der Waals surface area contributed by atoms with Gasteiger partial charge in [-0.15, -0.1) is 0 Å². The molecule has 3 heterocycles. The molecular weight excluding hydrogens is 783 g/mol. The number of nitrogens with two attached hydrogens (primary N) is 4. The number of carbonyl (C=O) groups excluding carboxylic acids is 3. The molecule has 0 unspecified atom stereocenters. The van der Waals surface area contributed by atoms with E-state index in [1.54, 1.807) is 33.1 Å². The summed E-state index contributed by atoms with van der Waals surface area (Å²) in [4.78, 5) is 58.7. The first-order valence-corrected chi connectivity index (χ1v) is 20.2. The molecule has 1 fully saturated rings. The molecule has 61 heavy (non-hydrogen) atoms. The number of benzene rings is 2. The van der Waals surface area contributed by atoms with Gasteiger partial charge in [0.1, 0.15) is 28.2 Å². The Morgan fingerprint density at radius 2 is 1.62 bits per heavy atom. The molecule has 0 saturated carbocycles. The number of nitrogens with zero attached hydrogens (tertiary/aromatic N) is 6. The number of amides is 3. The van der Waals surface area contributed by atoms with Crippen LogP contribution in [0.3, 0.4) is 0 Å². The maximum atomic E-state index is 13.7. The van der Waals surface area contributed by atoms with Gasteiger partial charge in [0.2, 0.25) is 11.9 Å². The van der Waals surface area contributed by atoms with Crippen LogP contribution >= 0.6 is 0 Å². The minimum absolute atomic E-state index is 0.137. The maximum absolute atomic E-state index is 13.7. The van der Waals surface area contributed by atoms with E-state index in [1.807, 2.05) is 47.3 Å². The summed E-state index contributed by atoms with van der Waals surface area (Å²) in [6.45, 7) is 12.6. The summed E-state index contributed by atoms with van der Waals surface area (Å²) in [6, 6.07) is 6.90. The van der Waals surface area contributed by atoms with Crippen LogP contribution in [0, 0.1) is 0 Å². The van der Waals surface area contributed by atoms with E-state index in [0.29, 0.717) is 83.8 Å². The number of morpholine rings is 1. The van der Waals surface area contributed by atoms with E-state index in [0.717, 1.165) is 31.6 Å². The molecule has 3 amide bonds. The fourth-order valence-electron chi connectivity index (χ4n) is 6.78. The van der Waals surface area contributed by atoms with Gasteiger partial charge in [-0.1, -0.05) is 12.2 Å². The number of fused-ring (bicyclic) bond motifs is 2. The predicted octanol–water partition coefficient (Wildman–Crippen LogP) is 2.25. The van der Waals surface area contributed by atoms with Gasteiger partial charge >= 0.3 is 11.9 Å². The summed E-state index contributed by atoms with van der Waals surface area (Å²) in [6.07, 6.45) is 7.51.